The number of carbonyl (C=O) groups is 1. The summed E-state index contributed by atoms with van der Waals surface area (Å²) in [5.41, 5.74) is 2.94. The summed E-state index contributed by atoms with van der Waals surface area (Å²) < 4.78 is 11.2. The van der Waals surface area contributed by atoms with E-state index in [9.17, 15) is 14.9 Å². The van der Waals surface area contributed by atoms with E-state index in [4.69, 9.17) is 21.4 Å². The minimum absolute atomic E-state index is 0.00844. The number of hydrogen-bond acceptors (Lipinski definition) is 7. The number of nitro groups is 1. The molecule has 0 aliphatic carbocycles. The van der Waals surface area contributed by atoms with Gasteiger partial charge >= 0.3 is 0 Å². The lowest BCUT2D eigenvalue weighted by atomic mass is 10.0. The first-order valence-corrected chi connectivity index (χ1v) is 12.1. The number of ether oxygens (including phenoxy) is 1. The normalized spacial score (nSPS) is 16.8. The van der Waals surface area contributed by atoms with Crippen LogP contribution in [0, 0.1) is 10.1 Å². The van der Waals surface area contributed by atoms with Crippen LogP contribution in [0.25, 0.3) is 11.3 Å². The maximum Gasteiger partial charge on any atom is 0.269 e. The van der Waals surface area contributed by atoms with Crippen molar-refractivity contribution in [3.05, 3.63) is 107 Å². The second kappa shape index (κ2) is 10.8. The Kier molecular flexibility index (Phi) is 7.11. The summed E-state index contributed by atoms with van der Waals surface area (Å²) in [5, 5.41) is 17.7. The van der Waals surface area contributed by atoms with E-state index >= 15 is 0 Å². The number of methoxy groups -OCH3 is 1. The molecule has 38 heavy (non-hydrogen) atoms. The van der Waals surface area contributed by atoms with E-state index in [0.717, 1.165) is 11.4 Å². The first-order chi connectivity index (χ1) is 18.4. The quantitative estimate of drug-likeness (QED) is 0.184. The fourth-order valence-electron chi connectivity index (χ4n) is 4.37. The van der Waals surface area contributed by atoms with Gasteiger partial charge in [-0.15, -0.1) is 0 Å². The van der Waals surface area contributed by atoms with Crippen molar-refractivity contribution in [3.63, 3.8) is 0 Å². The first kappa shape index (κ1) is 25.1. The van der Waals surface area contributed by atoms with Gasteiger partial charge in [0, 0.05) is 42.4 Å². The molecule has 0 bridgehead atoms. The van der Waals surface area contributed by atoms with Crippen molar-refractivity contribution in [1.82, 2.24) is 10.3 Å². The number of furan rings is 1. The number of pyridine rings is 1. The molecule has 1 amide bonds. The number of hydrogen-bond donors (Lipinski definition) is 2. The molecule has 4 aromatic rings. The molecule has 3 heterocycles. The van der Waals surface area contributed by atoms with Crippen molar-refractivity contribution in [2.45, 2.75) is 12.1 Å². The largest absolute Gasteiger partial charge is 0.459 e. The summed E-state index contributed by atoms with van der Waals surface area (Å²) >= 11 is 5.75. The van der Waals surface area contributed by atoms with Crippen molar-refractivity contribution < 1.29 is 18.9 Å². The second-order valence-electron chi connectivity index (χ2n) is 8.53. The molecule has 1 aliphatic rings. The van der Waals surface area contributed by atoms with Gasteiger partial charge in [0.15, 0.2) is 5.11 Å². The van der Waals surface area contributed by atoms with Crippen molar-refractivity contribution >= 4 is 40.3 Å². The summed E-state index contributed by atoms with van der Waals surface area (Å²) in [5.74, 6) is 0.962. The molecular weight excluding hydrogens is 506 g/mol. The Hall–Kier alpha value is -4.61. The molecule has 0 radical (unpaired) electrons. The first-order valence-electron chi connectivity index (χ1n) is 11.7. The zero-order valence-electron chi connectivity index (χ0n) is 20.2. The Labute approximate surface area is 223 Å². The van der Waals surface area contributed by atoms with E-state index in [0.29, 0.717) is 27.9 Å². The molecule has 2 aromatic carbocycles. The molecule has 2 N–H and O–H groups in total. The monoisotopic (exact) mass is 529 g/mol. The highest BCUT2D eigenvalue weighted by Crippen LogP contribution is 2.43. The van der Waals surface area contributed by atoms with Gasteiger partial charge in [0.05, 0.1) is 16.7 Å². The predicted molar refractivity (Wildman–Crippen MR) is 146 cm³/mol. The number of rotatable bonds is 8. The van der Waals surface area contributed by atoms with E-state index in [-0.39, 0.29) is 30.3 Å². The number of nitrogens with one attached hydrogen (secondary N) is 2. The highest BCUT2D eigenvalue weighted by atomic mass is 32.1. The Bertz CT molecular complexity index is 1460. The fourth-order valence-corrected chi connectivity index (χ4v) is 4.72. The Balaban J connectivity index is 1.49. The van der Waals surface area contributed by atoms with E-state index in [1.807, 2.05) is 47.4 Å². The summed E-state index contributed by atoms with van der Waals surface area (Å²) in [4.78, 5) is 29.0. The van der Waals surface area contributed by atoms with Crippen molar-refractivity contribution in [2.24, 2.45) is 0 Å². The number of benzene rings is 2. The fraction of sp³-hybridized carbons (Fsp3) is 0.148. The highest BCUT2D eigenvalue weighted by molar-refractivity contribution is 7.80. The summed E-state index contributed by atoms with van der Waals surface area (Å²) in [6.07, 6.45) is 1.72. The zero-order valence-corrected chi connectivity index (χ0v) is 21.1. The maximum absolute atomic E-state index is 11.9. The third-order valence-corrected chi connectivity index (χ3v) is 6.40. The van der Waals surface area contributed by atoms with Gasteiger partial charge in [0.1, 0.15) is 24.2 Å². The van der Waals surface area contributed by atoms with Crippen LogP contribution in [0.2, 0.25) is 0 Å². The smallest absolute Gasteiger partial charge is 0.269 e. The molecular formula is C27H23N5O5S. The third-order valence-electron chi connectivity index (χ3n) is 6.08. The number of anilines is 2. The number of thiocarbonyl (C=S) groups is 1. The van der Waals surface area contributed by atoms with Gasteiger partial charge in [-0.05, 0) is 72.9 Å². The molecule has 2 aromatic heterocycles. The summed E-state index contributed by atoms with van der Waals surface area (Å²) in [6.45, 7) is -0.0364. The van der Waals surface area contributed by atoms with Crippen LogP contribution in [0.5, 0.6) is 0 Å². The Morgan fingerprint density at radius 2 is 1.89 bits per heavy atom. The van der Waals surface area contributed by atoms with Crippen molar-refractivity contribution in [1.29, 1.82) is 0 Å². The van der Waals surface area contributed by atoms with Crippen molar-refractivity contribution in [3.8, 4) is 11.3 Å². The topological polar surface area (TPSA) is 123 Å². The standard InChI is InChI=1S/C27H23N5O5S/c1-36-16-24(33)29-18-7-11-19(12-8-18)31-26(25(30-27(31)38)21-4-2-3-15-28-21)23-14-13-22(37-23)17-5-9-20(10-6-17)32(34)35/h2-15,25-26H,16H2,1H3,(H,29,33)(H,30,38). The van der Waals surface area contributed by atoms with Gasteiger partial charge in [0.25, 0.3) is 5.69 Å². The lowest BCUT2D eigenvalue weighted by Gasteiger charge is -2.26. The number of nitro benzene ring substituents is 1. The average molecular weight is 530 g/mol. The summed E-state index contributed by atoms with van der Waals surface area (Å²) in [7, 11) is 1.46. The number of non-ortho nitro benzene ring substituents is 1. The SMILES string of the molecule is COCC(=O)Nc1ccc(N2C(=S)NC(c3ccccn3)C2c2ccc(-c3ccc([N+](=O)[O-])cc3)o2)cc1. The van der Waals surface area contributed by atoms with E-state index < -0.39 is 4.92 Å². The number of aromatic nitrogens is 1. The van der Waals surface area contributed by atoms with Crippen LogP contribution in [0.3, 0.4) is 0 Å². The highest BCUT2D eigenvalue weighted by Gasteiger charge is 2.42. The lowest BCUT2D eigenvalue weighted by Crippen LogP contribution is -2.29. The van der Waals surface area contributed by atoms with Gasteiger partial charge in [-0.2, -0.15) is 0 Å². The molecule has 10 nitrogen and oxygen atoms in total. The molecule has 2 unspecified atom stereocenters. The van der Waals surface area contributed by atoms with Crippen LogP contribution in [0.4, 0.5) is 17.1 Å². The third kappa shape index (κ3) is 5.10. The molecule has 2 atom stereocenters. The van der Waals surface area contributed by atoms with Gasteiger partial charge in [-0.25, -0.2) is 0 Å². The minimum Gasteiger partial charge on any atom is -0.459 e. The van der Waals surface area contributed by atoms with Gasteiger partial charge < -0.3 is 24.7 Å². The summed E-state index contributed by atoms with van der Waals surface area (Å²) in [6, 6.07) is 22.2. The van der Waals surface area contributed by atoms with E-state index in [2.05, 4.69) is 15.6 Å². The minimum atomic E-state index is -0.438. The molecule has 0 saturated carbocycles. The molecule has 1 saturated heterocycles. The molecule has 1 aliphatic heterocycles. The number of carbonyl (C=O) groups excluding carboxylic acids is 1. The molecule has 5 rings (SSSR count). The van der Waals surface area contributed by atoms with Crippen LogP contribution >= 0.6 is 12.2 Å². The molecule has 0 spiro atoms. The van der Waals surface area contributed by atoms with Gasteiger partial charge in [-0.3, -0.25) is 19.9 Å². The average Bonchev–Trinajstić information content (AvgIpc) is 3.54. The zero-order chi connectivity index (χ0) is 26.6. The molecule has 1 fully saturated rings. The molecule has 192 valence electrons. The predicted octanol–water partition coefficient (Wildman–Crippen LogP) is 5.01. The maximum atomic E-state index is 11.9. The van der Waals surface area contributed by atoms with E-state index in [1.165, 1.54) is 19.2 Å². The van der Waals surface area contributed by atoms with Crippen LogP contribution in [0.1, 0.15) is 23.5 Å². The number of nitrogens with zero attached hydrogens (tertiary/aromatic N) is 3. The second-order valence-corrected chi connectivity index (χ2v) is 8.92. The van der Waals surface area contributed by atoms with Crippen LogP contribution < -0.4 is 15.5 Å². The number of amides is 1. The Morgan fingerprint density at radius 1 is 1.13 bits per heavy atom. The Morgan fingerprint density at radius 3 is 2.55 bits per heavy atom. The van der Waals surface area contributed by atoms with E-state index in [1.54, 1.807) is 30.5 Å². The van der Waals surface area contributed by atoms with Crippen LogP contribution in [-0.2, 0) is 9.53 Å². The van der Waals surface area contributed by atoms with Crippen LogP contribution in [0.15, 0.2) is 89.5 Å². The van der Waals surface area contributed by atoms with Gasteiger partial charge in [-0.1, -0.05) is 6.07 Å². The van der Waals surface area contributed by atoms with Crippen molar-refractivity contribution in [2.75, 3.05) is 23.9 Å². The van der Waals surface area contributed by atoms with Gasteiger partial charge in [0.2, 0.25) is 5.91 Å². The lowest BCUT2D eigenvalue weighted by molar-refractivity contribution is -0.384. The molecule has 11 heteroatoms. The van der Waals surface area contributed by atoms with Crippen LogP contribution in [-0.4, -0.2) is 34.6 Å².